The van der Waals surface area contributed by atoms with E-state index in [2.05, 4.69) is 4.98 Å². The summed E-state index contributed by atoms with van der Waals surface area (Å²) < 4.78 is 16.3. The fourth-order valence-electron chi connectivity index (χ4n) is 3.47. The summed E-state index contributed by atoms with van der Waals surface area (Å²) in [6.45, 7) is 2.44. The summed E-state index contributed by atoms with van der Waals surface area (Å²) in [7, 11) is 1.36. The van der Waals surface area contributed by atoms with E-state index in [-0.39, 0.29) is 42.1 Å². The Morgan fingerprint density at radius 1 is 1.00 bits per heavy atom. The molecule has 0 fully saturated rings. The molecule has 9 heteroatoms. The number of hydrogen-bond donors (Lipinski definition) is 0. The van der Waals surface area contributed by atoms with Crippen molar-refractivity contribution in [2.45, 2.75) is 20.1 Å². The van der Waals surface area contributed by atoms with E-state index in [0.29, 0.717) is 17.9 Å². The van der Waals surface area contributed by atoms with Gasteiger partial charge in [-0.25, -0.2) is 9.59 Å². The number of carbonyl (C=O) groups excluding carboxylic acids is 1. The van der Waals surface area contributed by atoms with Gasteiger partial charge in [0.05, 0.1) is 12.7 Å². The number of benzene rings is 3. The zero-order valence-electron chi connectivity index (χ0n) is 19.1. The zero-order chi connectivity index (χ0) is 23.4. The van der Waals surface area contributed by atoms with Crippen molar-refractivity contribution in [3.05, 3.63) is 110 Å². The van der Waals surface area contributed by atoms with Gasteiger partial charge in [0.2, 0.25) is 0 Å². The van der Waals surface area contributed by atoms with E-state index < -0.39 is 11.4 Å². The van der Waals surface area contributed by atoms with Gasteiger partial charge in [0, 0.05) is 6.54 Å². The van der Waals surface area contributed by atoms with E-state index in [0.717, 1.165) is 32.6 Å². The van der Waals surface area contributed by atoms with E-state index in [1.54, 1.807) is 30.3 Å². The van der Waals surface area contributed by atoms with Crippen LogP contribution in [0, 0.1) is 6.92 Å². The average molecular weight is 468 g/mol. The van der Waals surface area contributed by atoms with Crippen LogP contribution >= 0.6 is 0 Å². The van der Waals surface area contributed by atoms with Crippen molar-refractivity contribution in [3.63, 3.8) is 0 Å². The molecule has 0 N–H and O–H groups in total. The predicted octanol–water partition coefficient (Wildman–Crippen LogP) is 0.152. The normalized spacial score (nSPS) is 10.4. The van der Waals surface area contributed by atoms with Crippen molar-refractivity contribution >= 4 is 5.97 Å². The number of esters is 1. The molecule has 0 aliphatic heterocycles. The van der Waals surface area contributed by atoms with Crippen molar-refractivity contribution in [2.75, 3.05) is 7.11 Å². The van der Waals surface area contributed by atoms with E-state index in [9.17, 15) is 14.4 Å². The van der Waals surface area contributed by atoms with Crippen LogP contribution in [0.15, 0.2) is 80.8 Å². The van der Waals surface area contributed by atoms with E-state index in [1.165, 1.54) is 7.11 Å². The molecular weight excluding hydrogens is 447 g/mol. The van der Waals surface area contributed by atoms with Crippen molar-refractivity contribution in [1.82, 2.24) is 9.72 Å². The van der Waals surface area contributed by atoms with E-state index >= 15 is 0 Å². The Kier molecular flexibility index (Phi) is 8.33. The summed E-state index contributed by atoms with van der Waals surface area (Å²) in [4.78, 5) is 37.4. The standard InChI is InChI=1S/C25H22N2O6.Na/c1-16-12-20(23(28)31-2)8-11-22(16)19-5-3-4-18(13-19)15-32-21-9-6-17(7-10-21)14-27-24(29)26-25(30)33-27;/h3-13H,14-15H2,1-2H3,(H,26,29,30);/q;+1/p-1. The average Bonchev–Trinajstić information content (AvgIpc) is 3.14. The molecule has 0 aliphatic rings. The molecule has 4 aromatic rings. The van der Waals surface area contributed by atoms with Gasteiger partial charge in [-0.1, -0.05) is 36.4 Å². The van der Waals surface area contributed by atoms with Crippen LogP contribution in [-0.4, -0.2) is 17.8 Å². The van der Waals surface area contributed by atoms with Gasteiger partial charge in [-0.2, -0.15) is 0 Å². The number of carbonyl (C=O) groups is 1. The minimum atomic E-state index is -0.906. The topological polar surface area (TPSA) is 102 Å². The van der Waals surface area contributed by atoms with Gasteiger partial charge >= 0.3 is 41.3 Å². The van der Waals surface area contributed by atoms with Crippen molar-refractivity contribution in [3.8, 4) is 16.9 Å². The maximum absolute atomic E-state index is 11.7. The van der Waals surface area contributed by atoms with Crippen LogP contribution in [0.25, 0.3) is 11.1 Å². The Labute approximate surface area is 217 Å². The van der Waals surface area contributed by atoms with E-state index in [1.807, 2.05) is 43.3 Å². The second-order valence-corrected chi connectivity index (χ2v) is 7.44. The molecule has 1 aromatic heterocycles. The first-order valence-electron chi connectivity index (χ1n) is 10.2. The molecule has 3 aromatic carbocycles. The second kappa shape index (κ2) is 11.2. The molecule has 0 amide bonds. The minimum absolute atomic E-state index is 0. The van der Waals surface area contributed by atoms with Gasteiger partial charge in [-0.15, -0.1) is 0 Å². The third-order valence-corrected chi connectivity index (χ3v) is 5.13. The van der Waals surface area contributed by atoms with Crippen LogP contribution in [-0.2, 0) is 17.9 Å². The summed E-state index contributed by atoms with van der Waals surface area (Å²) in [5.74, 6) is -0.602. The van der Waals surface area contributed by atoms with Gasteiger partial charge in [-0.3, -0.25) is 9.53 Å². The molecule has 0 bridgehead atoms. The Morgan fingerprint density at radius 2 is 1.76 bits per heavy atom. The fourth-order valence-corrected chi connectivity index (χ4v) is 3.47. The number of methoxy groups -OCH3 is 1. The summed E-state index contributed by atoms with van der Waals surface area (Å²) in [5.41, 5.74) is 4.59. The Morgan fingerprint density at radius 3 is 2.41 bits per heavy atom. The monoisotopic (exact) mass is 468 g/mol. The number of rotatable bonds is 7. The first kappa shape index (κ1) is 25.3. The summed E-state index contributed by atoms with van der Waals surface area (Å²) >= 11 is 0. The zero-order valence-corrected chi connectivity index (χ0v) is 21.1. The first-order valence-corrected chi connectivity index (χ1v) is 10.2. The SMILES string of the molecule is COC(=O)c1ccc(-c2cccc(COc3ccc(Cn4oc(=O)[n-]c4=O)cc3)c2)c(C)c1.[Na+]. The number of nitrogens with zero attached hydrogens (tertiary/aromatic N) is 2. The molecule has 1 heterocycles. The summed E-state index contributed by atoms with van der Waals surface area (Å²) in [6.07, 6.45) is 0. The molecule has 168 valence electrons. The molecule has 0 saturated carbocycles. The first-order chi connectivity index (χ1) is 15.9. The van der Waals surface area contributed by atoms with Gasteiger partial charge in [0.15, 0.2) is 5.69 Å². The van der Waals surface area contributed by atoms with Crippen LogP contribution < -0.4 is 50.7 Å². The second-order valence-electron chi connectivity index (χ2n) is 7.44. The molecule has 0 aliphatic carbocycles. The molecular formula is C25H21N2NaO6. The van der Waals surface area contributed by atoms with E-state index in [4.69, 9.17) is 14.0 Å². The maximum atomic E-state index is 11.7. The third-order valence-electron chi connectivity index (χ3n) is 5.13. The van der Waals surface area contributed by atoms with Crippen LogP contribution in [0.4, 0.5) is 0 Å². The van der Waals surface area contributed by atoms with Crippen LogP contribution in [0.3, 0.4) is 0 Å². The molecule has 0 unspecified atom stereocenters. The minimum Gasteiger partial charge on any atom is -0.489 e. The van der Waals surface area contributed by atoms with Gasteiger partial charge < -0.3 is 19.0 Å². The van der Waals surface area contributed by atoms with Crippen molar-refractivity contribution < 1.29 is 48.3 Å². The smallest absolute Gasteiger partial charge is 0.489 e. The summed E-state index contributed by atoms with van der Waals surface area (Å²) in [6, 6.07) is 20.6. The molecule has 34 heavy (non-hydrogen) atoms. The Hall–Kier alpha value is -3.33. The van der Waals surface area contributed by atoms with Gasteiger partial charge in [-0.05, 0) is 65.1 Å². The Bertz CT molecular complexity index is 1400. The third kappa shape index (κ3) is 5.96. The molecule has 0 spiro atoms. The number of aryl methyl sites for hydroxylation is 1. The number of ether oxygens (including phenoxy) is 2. The quantitative estimate of drug-likeness (QED) is 0.281. The predicted molar refractivity (Wildman–Crippen MR) is 120 cm³/mol. The molecule has 0 radical (unpaired) electrons. The van der Waals surface area contributed by atoms with Gasteiger partial charge in [0.25, 0.3) is 0 Å². The molecule has 4 rings (SSSR count). The van der Waals surface area contributed by atoms with Crippen LogP contribution in [0.2, 0.25) is 0 Å². The number of aromatic nitrogens is 2. The van der Waals surface area contributed by atoms with Crippen molar-refractivity contribution in [1.29, 1.82) is 0 Å². The van der Waals surface area contributed by atoms with Crippen LogP contribution in [0.1, 0.15) is 27.0 Å². The molecule has 0 atom stereocenters. The largest absolute Gasteiger partial charge is 1.00 e. The molecule has 8 nitrogen and oxygen atoms in total. The molecule has 0 saturated heterocycles. The number of hydrogen-bond acceptors (Lipinski definition) is 6. The van der Waals surface area contributed by atoms with Crippen molar-refractivity contribution in [2.24, 2.45) is 0 Å². The Balaban J connectivity index is 0.00000324. The maximum Gasteiger partial charge on any atom is 1.00 e. The summed E-state index contributed by atoms with van der Waals surface area (Å²) in [5, 5.41) is 0. The van der Waals surface area contributed by atoms with Crippen LogP contribution in [0.5, 0.6) is 5.75 Å². The fraction of sp³-hybridized carbons (Fsp3) is 0.160. The van der Waals surface area contributed by atoms with Gasteiger partial charge in [0.1, 0.15) is 12.4 Å².